The number of anilines is 2. The lowest BCUT2D eigenvalue weighted by atomic mass is 9.98. The van der Waals surface area contributed by atoms with Crippen molar-refractivity contribution in [2.75, 3.05) is 10.6 Å². The summed E-state index contributed by atoms with van der Waals surface area (Å²) in [5.74, 6) is -1.49. The van der Waals surface area contributed by atoms with Gasteiger partial charge in [-0.15, -0.1) is 0 Å². The molecule has 1 saturated carbocycles. The minimum absolute atomic E-state index is 0.0759. The minimum Gasteiger partial charge on any atom is -0.379 e. The van der Waals surface area contributed by atoms with Gasteiger partial charge >= 0.3 is 0 Å². The van der Waals surface area contributed by atoms with Crippen LogP contribution in [0, 0.1) is 18.3 Å². The first-order valence-corrected chi connectivity index (χ1v) is 10.5. The lowest BCUT2D eigenvalue weighted by Gasteiger charge is -2.18. The van der Waals surface area contributed by atoms with Crippen LogP contribution in [-0.4, -0.2) is 42.6 Å². The molecule has 0 bridgehead atoms. The molecule has 0 spiro atoms. The number of aromatic amines is 1. The number of hydrogen-bond donors (Lipinski definition) is 3. The van der Waals surface area contributed by atoms with Gasteiger partial charge in [-0.2, -0.15) is 5.10 Å². The fourth-order valence-corrected chi connectivity index (χ4v) is 3.98. The summed E-state index contributed by atoms with van der Waals surface area (Å²) in [5, 5.41) is 12.5. The quantitative estimate of drug-likeness (QED) is 0.364. The fourth-order valence-electron chi connectivity index (χ4n) is 3.98. The van der Waals surface area contributed by atoms with Crippen LogP contribution in [0.1, 0.15) is 32.3 Å². The highest BCUT2D eigenvalue weighted by Crippen LogP contribution is 2.42. The second kappa shape index (κ2) is 8.02. The van der Waals surface area contributed by atoms with E-state index in [0.29, 0.717) is 17.5 Å². The molecule has 174 valence electrons. The van der Waals surface area contributed by atoms with Gasteiger partial charge in [0.15, 0.2) is 17.3 Å². The molecule has 9 nitrogen and oxygen atoms in total. The van der Waals surface area contributed by atoms with Crippen LogP contribution in [0.4, 0.5) is 24.7 Å². The third-order valence-electron chi connectivity index (χ3n) is 5.64. The summed E-state index contributed by atoms with van der Waals surface area (Å²) < 4.78 is 45.1. The molecule has 3 aromatic heterocycles. The number of rotatable bonds is 6. The Balaban J connectivity index is 1.59. The summed E-state index contributed by atoms with van der Waals surface area (Å²) >= 11 is 0. The van der Waals surface area contributed by atoms with E-state index in [4.69, 9.17) is 6.57 Å². The molecule has 0 radical (unpaired) electrons. The number of alkyl halides is 2. The van der Waals surface area contributed by atoms with Gasteiger partial charge in [-0.1, -0.05) is 0 Å². The van der Waals surface area contributed by atoms with E-state index in [1.54, 1.807) is 13.8 Å². The third kappa shape index (κ3) is 3.59. The van der Waals surface area contributed by atoms with Crippen molar-refractivity contribution in [3.8, 4) is 11.3 Å². The van der Waals surface area contributed by atoms with Crippen LogP contribution in [0.15, 0.2) is 24.8 Å². The molecule has 12 heteroatoms. The van der Waals surface area contributed by atoms with E-state index >= 15 is 4.39 Å². The average molecular weight is 468 g/mol. The number of aromatic nitrogens is 5. The van der Waals surface area contributed by atoms with Crippen LogP contribution in [0.5, 0.6) is 0 Å². The Morgan fingerprint density at radius 3 is 2.79 bits per heavy atom. The number of nitrogens with one attached hydrogen (secondary N) is 3. The van der Waals surface area contributed by atoms with Gasteiger partial charge in [-0.3, -0.25) is 14.9 Å². The summed E-state index contributed by atoms with van der Waals surface area (Å²) in [4.78, 5) is 24.1. The first-order chi connectivity index (χ1) is 16.3. The van der Waals surface area contributed by atoms with Gasteiger partial charge in [0.2, 0.25) is 11.9 Å². The van der Waals surface area contributed by atoms with Gasteiger partial charge in [0.1, 0.15) is 5.92 Å². The molecule has 1 aliphatic carbocycles. The predicted octanol–water partition coefficient (Wildman–Crippen LogP) is 4.42. The smallest absolute Gasteiger partial charge is 0.267 e. The molecular formula is C22H19F3N8O. The number of nitrogens with zero attached hydrogens (tertiary/aromatic N) is 5. The van der Waals surface area contributed by atoms with E-state index in [2.05, 4.69) is 35.6 Å². The zero-order valence-corrected chi connectivity index (χ0v) is 18.1. The predicted molar refractivity (Wildman–Crippen MR) is 119 cm³/mol. The topological polar surface area (TPSA) is 104 Å². The van der Waals surface area contributed by atoms with E-state index in [1.807, 2.05) is 0 Å². The molecule has 0 aliphatic heterocycles. The van der Waals surface area contributed by atoms with Crippen molar-refractivity contribution in [1.29, 1.82) is 0 Å². The van der Waals surface area contributed by atoms with Gasteiger partial charge < -0.3 is 19.9 Å². The molecule has 1 fully saturated rings. The first-order valence-electron chi connectivity index (χ1n) is 10.5. The largest absolute Gasteiger partial charge is 0.379 e. The Morgan fingerprint density at radius 1 is 1.32 bits per heavy atom. The van der Waals surface area contributed by atoms with Crippen molar-refractivity contribution in [3.63, 3.8) is 0 Å². The molecular weight excluding hydrogens is 449 g/mol. The molecule has 3 heterocycles. The number of imidazole rings is 1. The Morgan fingerprint density at radius 2 is 2.12 bits per heavy atom. The Labute approximate surface area is 191 Å². The first kappa shape index (κ1) is 21.7. The molecule has 0 saturated heterocycles. The number of amides is 1. The molecule has 1 aromatic carbocycles. The highest BCUT2D eigenvalue weighted by molar-refractivity contribution is 6.02. The number of H-pyrrole nitrogens is 1. The van der Waals surface area contributed by atoms with Crippen LogP contribution in [-0.2, 0) is 4.79 Å². The van der Waals surface area contributed by atoms with Crippen LogP contribution in [0.3, 0.4) is 0 Å². The number of hydrogen-bond acceptors (Lipinski definition) is 5. The van der Waals surface area contributed by atoms with Crippen LogP contribution >= 0.6 is 0 Å². The van der Waals surface area contributed by atoms with Crippen molar-refractivity contribution < 1.29 is 18.0 Å². The summed E-state index contributed by atoms with van der Waals surface area (Å²) in [6, 6.07) is -0.509. The van der Waals surface area contributed by atoms with Gasteiger partial charge in [-0.05, 0) is 13.8 Å². The molecule has 5 rings (SSSR count). The van der Waals surface area contributed by atoms with Crippen molar-refractivity contribution in [3.05, 3.63) is 47.6 Å². The molecule has 0 unspecified atom stereocenters. The molecule has 1 aliphatic rings. The maximum Gasteiger partial charge on any atom is 0.267 e. The number of benzene rings is 1. The highest BCUT2D eigenvalue weighted by Gasteiger charge is 2.50. The van der Waals surface area contributed by atoms with Crippen molar-refractivity contribution in [2.24, 2.45) is 5.92 Å². The molecule has 34 heavy (non-hydrogen) atoms. The molecule has 4 aromatic rings. The van der Waals surface area contributed by atoms with Crippen LogP contribution < -0.4 is 10.6 Å². The second-order valence-corrected chi connectivity index (χ2v) is 8.43. The SMILES string of the molecule is [C-]#[N+][C@H]1C[C@H]1C(=O)Nc1cn2cc(-c3c(C(F)F)c(F)c(NC(C)C)c4[nH]ncc34)ncc2n1. The Bertz CT molecular complexity index is 1470. The summed E-state index contributed by atoms with van der Waals surface area (Å²) in [6.45, 7) is 10.5. The maximum atomic E-state index is 15.3. The normalized spacial score (nSPS) is 17.5. The van der Waals surface area contributed by atoms with E-state index in [1.165, 1.54) is 29.2 Å². The van der Waals surface area contributed by atoms with Gasteiger partial charge in [0, 0.05) is 29.6 Å². The standard InChI is InChI=1S/C22H19F3N8O/c1-9(2)29-20-18(23)17(21(24)25)16(11-5-28-32-19(11)20)13-7-33-8-14(30-15(33)6-27-13)31-22(34)10-4-12(10)26-3/h5-10,12,21,29H,4H2,1-2H3,(H,28,32)(H,31,34)/t10-,12+/m1/s1. The van der Waals surface area contributed by atoms with E-state index in [9.17, 15) is 13.6 Å². The molecule has 2 atom stereocenters. The van der Waals surface area contributed by atoms with E-state index < -0.39 is 17.8 Å². The number of carbonyl (C=O) groups excluding carboxylic acids is 1. The monoisotopic (exact) mass is 468 g/mol. The van der Waals surface area contributed by atoms with Crippen molar-refractivity contribution >= 4 is 34.0 Å². The summed E-state index contributed by atoms with van der Waals surface area (Å²) in [6.07, 6.45) is 3.07. The van der Waals surface area contributed by atoms with Crippen LogP contribution in [0.2, 0.25) is 0 Å². The zero-order valence-electron chi connectivity index (χ0n) is 18.1. The number of fused-ring (bicyclic) bond motifs is 2. The second-order valence-electron chi connectivity index (χ2n) is 8.43. The minimum atomic E-state index is -3.11. The lowest BCUT2D eigenvalue weighted by molar-refractivity contribution is -0.117. The summed E-state index contributed by atoms with van der Waals surface area (Å²) in [5.41, 5.74) is -0.231. The van der Waals surface area contributed by atoms with Gasteiger partial charge in [-0.25, -0.2) is 24.7 Å². The zero-order chi connectivity index (χ0) is 24.1. The Hall–Kier alpha value is -4.14. The van der Waals surface area contributed by atoms with Gasteiger partial charge in [0.25, 0.3) is 6.43 Å². The summed E-state index contributed by atoms with van der Waals surface area (Å²) in [7, 11) is 0. The highest BCUT2D eigenvalue weighted by atomic mass is 19.3. The number of halogens is 3. The van der Waals surface area contributed by atoms with Crippen LogP contribution in [0.25, 0.3) is 32.7 Å². The average Bonchev–Trinajstić information content (AvgIpc) is 3.23. The molecule has 3 N–H and O–H groups in total. The lowest BCUT2D eigenvalue weighted by Crippen LogP contribution is -2.15. The number of carbonyl (C=O) groups is 1. The van der Waals surface area contributed by atoms with Crippen molar-refractivity contribution in [1.82, 2.24) is 24.6 Å². The van der Waals surface area contributed by atoms with Crippen molar-refractivity contribution in [2.45, 2.75) is 38.8 Å². The third-order valence-corrected chi connectivity index (χ3v) is 5.64. The Kier molecular flexibility index (Phi) is 5.11. The van der Waals surface area contributed by atoms with E-state index in [-0.39, 0.29) is 52.2 Å². The van der Waals surface area contributed by atoms with E-state index in [0.717, 1.165) is 0 Å². The maximum absolute atomic E-state index is 15.3. The molecule has 1 amide bonds. The van der Waals surface area contributed by atoms with Gasteiger partial charge in [0.05, 0.1) is 41.1 Å². The fraction of sp³-hybridized carbons (Fsp3) is 0.318.